The zero-order valence-corrected chi connectivity index (χ0v) is 24.2. The number of ether oxygens (including phenoxy) is 2. The first kappa shape index (κ1) is 30.0. The average Bonchev–Trinajstić information content (AvgIpc) is 3.00. The predicted octanol–water partition coefficient (Wildman–Crippen LogP) is 5.58. The van der Waals surface area contributed by atoms with Gasteiger partial charge in [-0.05, 0) is 55.8 Å². The highest BCUT2D eigenvalue weighted by atomic mass is 32.2. The summed E-state index contributed by atoms with van der Waals surface area (Å²) in [6.07, 6.45) is 0. The predicted molar refractivity (Wildman–Crippen MR) is 163 cm³/mol. The number of nitrogens with one attached hydrogen (secondary N) is 3. The number of anilines is 2. The van der Waals surface area contributed by atoms with Crippen LogP contribution < -0.4 is 20.7 Å². The summed E-state index contributed by atoms with van der Waals surface area (Å²) >= 11 is 1.17. The molecule has 0 aromatic heterocycles. The molecule has 0 bridgehead atoms. The Hall–Kier alpha value is -5.01. The molecular weight excluding hydrogens is 552 g/mol. The second-order valence-electron chi connectivity index (χ2n) is 9.15. The SMILES string of the molecule is CCOC(=O)c1ccc(NC(=O)CSC2=C(C#N)[C@@H](c3ccccc3)C(C(=O)Nc3ccccc3OC)=C(C)N2)cc1. The fourth-order valence-electron chi connectivity index (χ4n) is 4.48. The molecule has 1 aliphatic heterocycles. The Morgan fingerprint density at radius 3 is 2.33 bits per heavy atom. The van der Waals surface area contributed by atoms with Gasteiger partial charge in [0.25, 0.3) is 5.91 Å². The van der Waals surface area contributed by atoms with Crippen LogP contribution in [0.25, 0.3) is 0 Å². The van der Waals surface area contributed by atoms with Gasteiger partial charge in [0.05, 0.1) is 53.3 Å². The maximum atomic E-state index is 13.7. The normalized spacial score (nSPS) is 14.4. The Kier molecular flexibility index (Phi) is 10.0. The van der Waals surface area contributed by atoms with E-state index >= 15 is 0 Å². The summed E-state index contributed by atoms with van der Waals surface area (Å²) in [5, 5.41) is 19.7. The molecule has 4 rings (SSSR count). The molecule has 1 heterocycles. The van der Waals surface area contributed by atoms with Crippen molar-refractivity contribution < 1.29 is 23.9 Å². The number of carbonyl (C=O) groups excluding carboxylic acids is 3. The highest BCUT2D eigenvalue weighted by molar-refractivity contribution is 8.03. The lowest BCUT2D eigenvalue weighted by atomic mass is 9.82. The van der Waals surface area contributed by atoms with Gasteiger partial charge in [0.1, 0.15) is 5.75 Å². The minimum Gasteiger partial charge on any atom is -0.495 e. The number of nitrogens with zero attached hydrogens (tertiary/aromatic N) is 1. The van der Waals surface area contributed by atoms with Crippen LogP contribution >= 0.6 is 11.8 Å². The number of para-hydroxylation sites is 2. The van der Waals surface area contributed by atoms with Crippen LogP contribution in [0.4, 0.5) is 11.4 Å². The first-order valence-electron chi connectivity index (χ1n) is 13.2. The fourth-order valence-corrected chi connectivity index (χ4v) is 5.37. The monoisotopic (exact) mass is 582 g/mol. The molecule has 3 aromatic carbocycles. The average molecular weight is 583 g/mol. The number of amides is 2. The zero-order valence-electron chi connectivity index (χ0n) is 23.4. The van der Waals surface area contributed by atoms with Crippen molar-refractivity contribution in [3.8, 4) is 11.8 Å². The van der Waals surface area contributed by atoms with E-state index in [2.05, 4.69) is 22.0 Å². The van der Waals surface area contributed by atoms with E-state index in [4.69, 9.17) is 9.47 Å². The summed E-state index contributed by atoms with van der Waals surface area (Å²) in [4.78, 5) is 38.3. The van der Waals surface area contributed by atoms with Crippen molar-refractivity contribution in [1.82, 2.24) is 5.32 Å². The maximum Gasteiger partial charge on any atom is 0.338 e. The third kappa shape index (κ3) is 7.00. The number of thioether (sulfide) groups is 1. The summed E-state index contributed by atoms with van der Waals surface area (Å²) in [5.41, 5.74) is 3.46. The minimum atomic E-state index is -0.659. The third-order valence-electron chi connectivity index (χ3n) is 6.41. The van der Waals surface area contributed by atoms with Gasteiger partial charge in [-0.15, -0.1) is 0 Å². The van der Waals surface area contributed by atoms with Gasteiger partial charge < -0.3 is 25.4 Å². The van der Waals surface area contributed by atoms with Gasteiger partial charge in [0, 0.05) is 17.0 Å². The molecule has 2 amide bonds. The number of hydrogen-bond donors (Lipinski definition) is 3. The highest BCUT2D eigenvalue weighted by Crippen LogP contribution is 2.41. The number of carbonyl (C=O) groups is 3. The molecular formula is C32H30N4O5S. The van der Waals surface area contributed by atoms with E-state index in [0.717, 1.165) is 5.56 Å². The van der Waals surface area contributed by atoms with Crippen LogP contribution in [0.3, 0.4) is 0 Å². The number of rotatable bonds is 10. The summed E-state index contributed by atoms with van der Waals surface area (Å²) in [6, 6.07) is 25.1. The fraction of sp³-hybridized carbons (Fsp3) is 0.188. The smallest absolute Gasteiger partial charge is 0.338 e. The molecule has 42 heavy (non-hydrogen) atoms. The first-order valence-corrected chi connectivity index (χ1v) is 14.2. The van der Waals surface area contributed by atoms with Crippen molar-refractivity contribution in [2.24, 2.45) is 0 Å². The highest BCUT2D eigenvalue weighted by Gasteiger charge is 2.35. The second-order valence-corrected chi connectivity index (χ2v) is 10.1. The number of allylic oxidation sites excluding steroid dienone is 2. The Labute approximate surface area is 248 Å². The summed E-state index contributed by atoms with van der Waals surface area (Å²) in [7, 11) is 1.53. The summed E-state index contributed by atoms with van der Waals surface area (Å²) in [6.45, 7) is 3.78. The van der Waals surface area contributed by atoms with E-state index in [0.29, 0.717) is 44.6 Å². The Morgan fingerprint density at radius 1 is 0.976 bits per heavy atom. The van der Waals surface area contributed by atoms with Crippen LogP contribution in [0.2, 0.25) is 0 Å². The Morgan fingerprint density at radius 2 is 1.67 bits per heavy atom. The molecule has 0 saturated heterocycles. The van der Waals surface area contributed by atoms with Crippen LogP contribution in [0.1, 0.15) is 35.7 Å². The largest absolute Gasteiger partial charge is 0.495 e. The third-order valence-corrected chi connectivity index (χ3v) is 7.42. The Balaban J connectivity index is 1.55. The van der Waals surface area contributed by atoms with Crippen LogP contribution in [-0.4, -0.2) is 37.3 Å². The van der Waals surface area contributed by atoms with Gasteiger partial charge in [0.15, 0.2) is 0 Å². The molecule has 10 heteroatoms. The molecule has 9 nitrogen and oxygen atoms in total. The topological polar surface area (TPSA) is 130 Å². The molecule has 214 valence electrons. The van der Waals surface area contributed by atoms with Gasteiger partial charge in [0.2, 0.25) is 5.91 Å². The lowest BCUT2D eigenvalue weighted by molar-refractivity contribution is -0.114. The molecule has 0 fully saturated rings. The minimum absolute atomic E-state index is 0.00464. The molecule has 0 saturated carbocycles. The van der Waals surface area contributed by atoms with E-state index in [1.54, 1.807) is 56.3 Å². The quantitative estimate of drug-likeness (QED) is 0.264. The zero-order chi connectivity index (χ0) is 30.1. The van der Waals surface area contributed by atoms with Crippen molar-refractivity contribution in [3.63, 3.8) is 0 Å². The lowest BCUT2D eigenvalue weighted by Crippen LogP contribution is -2.31. The number of dihydropyridines is 1. The van der Waals surface area contributed by atoms with E-state index < -0.39 is 11.9 Å². The maximum absolute atomic E-state index is 13.7. The van der Waals surface area contributed by atoms with E-state index in [1.807, 2.05) is 36.4 Å². The van der Waals surface area contributed by atoms with Crippen molar-refractivity contribution in [3.05, 3.63) is 112 Å². The molecule has 3 N–H and O–H groups in total. The Bertz CT molecular complexity index is 1580. The van der Waals surface area contributed by atoms with Crippen LogP contribution in [0.15, 0.2) is 101 Å². The molecule has 3 aromatic rings. The second kappa shape index (κ2) is 14.1. The van der Waals surface area contributed by atoms with Gasteiger partial charge in [-0.1, -0.05) is 54.2 Å². The number of benzene rings is 3. The van der Waals surface area contributed by atoms with E-state index in [1.165, 1.54) is 18.9 Å². The number of methoxy groups -OCH3 is 1. The number of esters is 1. The van der Waals surface area contributed by atoms with Crippen LogP contribution in [0.5, 0.6) is 5.75 Å². The number of hydrogen-bond acceptors (Lipinski definition) is 8. The van der Waals surface area contributed by atoms with E-state index in [9.17, 15) is 19.6 Å². The van der Waals surface area contributed by atoms with Crippen molar-refractivity contribution in [2.75, 3.05) is 30.1 Å². The van der Waals surface area contributed by atoms with Crippen LogP contribution in [-0.2, 0) is 14.3 Å². The molecule has 0 aliphatic carbocycles. The van der Waals surface area contributed by atoms with Crippen molar-refractivity contribution in [2.45, 2.75) is 19.8 Å². The lowest BCUT2D eigenvalue weighted by Gasteiger charge is -2.30. The van der Waals surface area contributed by atoms with Gasteiger partial charge in [-0.2, -0.15) is 5.26 Å². The summed E-state index contributed by atoms with van der Waals surface area (Å²) < 4.78 is 10.4. The standard InChI is InChI=1S/C32H30N4O5S/c1-4-41-32(39)22-14-16-23(17-15-22)35-27(37)19-42-31-24(18-33)29(21-10-6-5-7-11-21)28(20(2)34-31)30(38)36-25-12-8-9-13-26(25)40-3/h5-17,29,34H,4,19H2,1-3H3,(H,35,37)(H,36,38)/t29-/m1/s1. The van der Waals surface area contributed by atoms with Crippen molar-refractivity contribution >= 4 is 40.9 Å². The van der Waals surface area contributed by atoms with Crippen LogP contribution in [0, 0.1) is 11.3 Å². The molecule has 1 aliphatic rings. The van der Waals surface area contributed by atoms with E-state index in [-0.39, 0.29) is 24.2 Å². The first-order chi connectivity index (χ1) is 20.4. The summed E-state index contributed by atoms with van der Waals surface area (Å²) in [5.74, 6) is -1.25. The number of nitriles is 1. The van der Waals surface area contributed by atoms with Gasteiger partial charge in [-0.3, -0.25) is 9.59 Å². The molecule has 0 radical (unpaired) electrons. The van der Waals surface area contributed by atoms with Gasteiger partial charge in [-0.25, -0.2) is 4.79 Å². The van der Waals surface area contributed by atoms with Gasteiger partial charge >= 0.3 is 5.97 Å². The molecule has 0 unspecified atom stereocenters. The molecule has 0 spiro atoms. The van der Waals surface area contributed by atoms with Crippen molar-refractivity contribution in [1.29, 1.82) is 5.26 Å². The molecule has 1 atom stereocenters.